The Balaban J connectivity index is 1.50. The number of benzene rings is 1. The Bertz CT molecular complexity index is 536. The van der Waals surface area contributed by atoms with E-state index in [9.17, 15) is 4.55 Å². The summed E-state index contributed by atoms with van der Waals surface area (Å²) in [5.41, 5.74) is 3.35. The lowest BCUT2D eigenvalue weighted by molar-refractivity contribution is 0.0896. The molecule has 2 N–H and O–H groups in total. The van der Waals surface area contributed by atoms with Crippen molar-refractivity contribution in [2.45, 2.75) is 44.3 Å². The van der Waals surface area contributed by atoms with Crippen LogP contribution in [0.2, 0.25) is 0 Å². The molecule has 0 aromatic heterocycles. The van der Waals surface area contributed by atoms with Gasteiger partial charge in [-0.05, 0) is 69.2 Å². The van der Waals surface area contributed by atoms with Crippen LogP contribution in [0.15, 0.2) is 42.0 Å². The molecule has 2 unspecified atom stereocenters. The van der Waals surface area contributed by atoms with Gasteiger partial charge in [0.05, 0.1) is 0 Å². The highest BCUT2D eigenvalue weighted by atomic mass is 32.2. The van der Waals surface area contributed by atoms with Crippen molar-refractivity contribution in [1.82, 2.24) is 4.90 Å². The van der Waals surface area contributed by atoms with Crippen molar-refractivity contribution >= 4 is 11.4 Å². The molecule has 1 aliphatic heterocycles. The summed E-state index contributed by atoms with van der Waals surface area (Å²) < 4.78 is 11.4. The fourth-order valence-corrected chi connectivity index (χ4v) is 4.24. The molecule has 1 aromatic carbocycles. The minimum Gasteiger partial charge on any atom is -0.598 e. The van der Waals surface area contributed by atoms with Gasteiger partial charge in [0.2, 0.25) is 0 Å². The van der Waals surface area contributed by atoms with Crippen LogP contribution in [-0.2, 0) is 17.8 Å². The van der Waals surface area contributed by atoms with Gasteiger partial charge in [-0.25, -0.2) is 0 Å². The van der Waals surface area contributed by atoms with E-state index in [4.69, 9.17) is 5.14 Å². The smallest absolute Gasteiger partial charge is 0.150 e. The SMILES string of the molecule is CC(C=C1CCC12CCN(CCc1ccccc1)CC2)[S+](N)[O-]. The van der Waals surface area contributed by atoms with Crippen molar-refractivity contribution in [3.8, 4) is 0 Å². The van der Waals surface area contributed by atoms with Gasteiger partial charge in [-0.2, -0.15) is 5.14 Å². The Morgan fingerprint density at radius 1 is 1.26 bits per heavy atom. The van der Waals surface area contributed by atoms with Gasteiger partial charge < -0.3 is 9.45 Å². The molecule has 23 heavy (non-hydrogen) atoms. The maximum atomic E-state index is 11.4. The highest BCUT2D eigenvalue weighted by Gasteiger charge is 2.44. The quantitative estimate of drug-likeness (QED) is 0.666. The molecule has 1 aliphatic carbocycles. The molecular formula is C19H28N2OS. The van der Waals surface area contributed by atoms with E-state index in [2.05, 4.69) is 41.3 Å². The van der Waals surface area contributed by atoms with Crippen molar-refractivity contribution in [2.24, 2.45) is 10.6 Å². The van der Waals surface area contributed by atoms with Crippen LogP contribution in [0, 0.1) is 5.41 Å². The predicted molar refractivity (Wildman–Crippen MR) is 97.4 cm³/mol. The van der Waals surface area contributed by atoms with Gasteiger partial charge in [0.15, 0.2) is 5.25 Å². The summed E-state index contributed by atoms with van der Waals surface area (Å²) in [6.07, 6.45) is 8.30. The summed E-state index contributed by atoms with van der Waals surface area (Å²) in [5.74, 6) is 0. The molecule has 0 radical (unpaired) electrons. The third kappa shape index (κ3) is 4.00. The molecule has 0 bridgehead atoms. The molecular weight excluding hydrogens is 304 g/mol. The fourth-order valence-electron chi connectivity index (χ4n) is 3.94. The molecule has 3 rings (SSSR count). The van der Waals surface area contributed by atoms with Gasteiger partial charge in [0.1, 0.15) is 0 Å². The van der Waals surface area contributed by atoms with E-state index in [0.717, 1.165) is 13.0 Å². The maximum Gasteiger partial charge on any atom is 0.150 e. The van der Waals surface area contributed by atoms with Crippen LogP contribution in [0.4, 0.5) is 0 Å². The first-order valence-electron chi connectivity index (χ1n) is 8.71. The third-order valence-corrected chi connectivity index (χ3v) is 6.60. The van der Waals surface area contributed by atoms with Crippen LogP contribution in [0.25, 0.3) is 0 Å². The molecule has 2 atom stereocenters. The van der Waals surface area contributed by atoms with Gasteiger partial charge in [-0.3, -0.25) is 0 Å². The molecule has 0 amide bonds. The minimum absolute atomic E-state index is 0.0155. The van der Waals surface area contributed by atoms with Crippen LogP contribution in [0.1, 0.15) is 38.2 Å². The first-order valence-corrected chi connectivity index (χ1v) is 9.99. The number of hydrogen-bond acceptors (Lipinski definition) is 3. The number of rotatable bonds is 5. The second-order valence-electron chi connectivity index (χ2n) is 7.08. The van der Waals surface area contributed by atoms with Crippen molar-refractivity contribution in [3.63, 3.8) is 0 Å². The van der Waals surface area contributed by atoms with E-state index in [-0.39, 0.29) is 5.25 Å². The summed E-state index contributed by atoms with van der Waals surface area (Å²) in [4.78, 5) is 2.60. The molecule has 1 saturated heterocycles. The van der Waals surface area contributed by atoms with Crippen LogP contribution in [-0.4, -0.2) is 34.3 Å². The molecule has 1 heterocycles. The number of nitrogens with two attached hydrogens (primary N) is 1. The lowest BCUT2D eigenvalue weighted by Crippen LogP contribution is -2.46. The number of allylic oxidation sites excluding steroid dienone is 1. The standard InChI is InChI=1S/C19H28N2OS/c1-16(23(20)22)15-18-7-9-19(18)10-13-21(14-11-19)12-8-17-5-3-2-4-6-17/h2-6,15-16H,7-14,20H2,1H3. The zero-order valence-corrected chi connectivity index (χ0v) is 14.9. The van der Waals surface area contributed by atoms with E-state index in [0.29, 0.717) is 5.41 Å². The summed E-state index contributed by atoms with van der Waals surface area (Å²) in [5, 5.41) is 5.50. The van der Waals surface area contributed by atoms with Crippen molar-refractivity contribution in [3.05, 3.63) is 47.5 Å². The van der Waals surface area contributed by atoms with E-state index in [1.165, 1.54) is 49.9 Å². The average molecular weight is 333 g/mol. The zero-order chi connectivity index (χ0) is 16.3. The second kappa shape index (κ2) is 7.39. The van der Waals surface area contributed by atoms with Crippen LogP contribution in [0.3, 0.4) is 0 Å². The van der Waals surface area contributed by atoms with Crippen molar-refractivity contribution in [1.29, 1.82) is 0 Å². The second-order valence-corrected chi connectivity index (χ2v) is 8.48. The molecule has 1 spiro atoms. The summed E-state index contributed by atoms with van der Waals surface area (Å²) in [7, 11) is 0. The maximum absolute atomic E-state index is 11.4. The molecule has 1 saturated carbocycles. The first-order chi connectivity index (χ1) is 11.1. The number of likely N-dealkylation sites (tertiary alicyclic amines) is 1. The van der Waals surface area contributed by atoms with Crippen LogP contribution in [0.5, 0.6) is 0 Å². The monoisotopic (exact) mass is 332 g/mol. The third-order valence-electron chi connectivity index (χ3n) is 5.73. The lowest BCUT2D eigenvalue weighted by Gasteiger charge is -2.50. The van der Waals surface area contributed by atoms with Crippen molar-refractivity contribution < 1.29 is 4.55 Å². The predicted octanol–water partition coefficient (Wildman–Crippen LogP) is 3.04. The van der Waals surface area contributed by atoms with E-state index in [1.807, 2.05) is 6.92 Å². The number of hydrogen-bond donors (Lipinski definition) is 1. The Labute approximate surface area is 143 Å². The highest BCUT2D eigenvalue weighted by molar-refractivity contribution is 7.89. The average Bonchev–Trinajstić information content (AvgIpc) is 2.58. The summed E-state index contributed by atoms with van der Waals surface area (Å²) in [6, 6.07) is 10.7. The molecule has 3 nitrogen and oxygen atoms in total. The van der Waals surface area contributed by atoms with E-state index in [1.54, 1.807) is 0 Å². The zero-order valence-electron chi connectivity index (χ0n) is 14.0. The van der Waals surface area contributed by atoms with Crippen LogP contribution < -0.4 is 5.14 Å². The van der Waals surface area contributed by atoms with Crippen molar-refractivity contribution in [2.75, 3.05) is 19.6 Å². The number of piperidine rings is 1. The molecule has 1 aromatic rings. The Kier molecular flexibility index (Phi) is 5.47. The van der Waals surface area contributed by atoms with Gasteiger partial charge in [0.25, 0.3) is 0 Å². The fraction of sp³-hybridized carbons (Fsp3) is 0.579. The number of nitrogens with zero attached hydrogens (tertiary/aromatic N) is 1. The highest BCUT2D eigenvalue weighted by Crippen LogP contribution is 2.53. The molecule has 126 valence electrons. The van der Waals surface area contributed by atoms with Gasteiger partial charge in [0, 0.05) is 17.9 Å². The molecule has 2 fully saturated rings. The van der Waals surface area contributed by atoms with Gasteiger partial charge in [-0.1, -0.05) is 35.9 Å². The Hall–Kier alpha value is -0.810. The molecule has 2 aliphatic rings. The molecule has 4 heteroatoms. The first kappa shape index (κ1) is 17.0. The Morgan fingerprint density at radius 2 is 1.96 bits per heavy atom. The summed E-state index contributed by atoms with van der Waals surface area (Å²) in [6.45, 7) is 5.49. The Morgan fingerprint density at radius 3 is 2.52 bits per heavy atom. The van der Waals surface area contributed by atoms with Gasteiger partial charge >= 0.3 is 0 Å². The topological polar surface area (TPSA) is 52.3 Å². The van der Waals surface area contributed by atoms with E-state index >= 15 is 0 Å². The van der Waals surface area contributed by atoms with Crippen LogP contribution >= 0.6 is 0 Å². The van der Waals surface area contributed by atoms with E-state index < -0.39 is 11.4 Å². The normalized spacial score (nSPS) is 25.3. The minimum atomic E-state index is -1.24. The summed E-state index contributed by atoms with van der Waals surface area (Å²) >= 11 is -1.24. The van der Waals surface area contributed by atoms with Gasteiger partial charge in [-0.15, -0.1) is 0 Å². The lowest BCUT2D eigenvalue weighted by atomic mass is 9.59. The largest absolute Gasteiger partial charge is 0.598 e.